The predicted molar refractivity (Wildman–Crippen MR) is 74.3 cm³/mol. The second-order valence-electron chi connectivity index (χ2n) is 6.30. The first-order chi connectivity index (χ1) is 8.09. The van der Waals surface area contributed by atoms with Crippen LogP contribution in [0.25, 0.3) is 0 Å². The topological polar surface area (TPSA) is 21.3 Å². The number of hydrogen-bond acceptors (Lipinski definition) is 2. The van der Waals surface area contributed by atoms with Gasteiger partial charge in [-0.15, -0.1) is 0 Å². The first-order valence-electron chi connectivity index (χ1n) is 7.31. The minimum atomic E-state index is 0.583. The van der Waals surface area contributed by atoms with Crippen LogP contribution in [0.2, 0.25) is 0 Å². The van der Waals surface area contributed by atoms with Crippen molar-refractivity contribution in [2.75, 3.05) is 20.3 Å². The van der Waals surface area contributed by atoms with Gasteiger partial charge in [-0.2, -0.15) is 0 Å². The van der Waals surface area contributed by atoms with Crippen LogP contribution in [0.4, 0.5) is 0 Å². The third-order valence-electron chi connectivity index (χ3n) is 4.28. The molecule has 0 aliphatic heterocycles. The number of hydrogen-bond donors (Lipinski definition) is 1. The van der Waals surface area contributed by atoms with Crippen LogP contribution in [-0.4, -0.2) is 26.3 Å². The van der Waals surface area contributed by atoms with E-state index >= 15 is 0 Å². The molecule has 1 fully saturated rings. The Hall–Kier alpha value is -0.0800. The van der Waals surface area contributed by atoms with Crippen LogP contribution < -0.4 is 5.32 Å². The molecule has 0 aromatic rings. The minimum absolute atomic E-state index is 0.583. The summed E-state index contributed by atoms with van der Waals surface area (Å²) in [6, 6.07) is 0.714. The standard InChI is InChI=1S/C15H31NO/c1-5-16-14(7-6-12-17-4)13-8-10-15(2,3)11-9-13/h13-14,16H,5-12H2,1-4H3. The van der Waals surface area contributed by atoms with Crippen LogP contribution in [0.3, 0.4) is 0 Å². The molecule has 1 saturated carbocycles. The summed E-state index contributed by atoms with van der Waals surface area (Å²) in [6.45, 7) is 9.04. The van der Waals surface area contributed by atoms with Crippen molar-refractivity contribution in [3.63, 3.8) is 0 Å². The second-order valence-corrected chi connectivity index (χ2v) is 6.30. The van der Waals surface area contributed by atoms with Gasteiger partial charge in [0, 0.05) is 19.8 Å². The van der Waals surface area contributed by atoms with Crippen molar-refractivity contribution >= 4 is 0 Å². The Morgan fingerprint density at radius 2 is 1.94 bits per heavy atom. The van der Waals surface area contributed by atoms with Gasteiger partial charge in [0.2, 0.25) is 0 Å². The zero-order valence-corrected chi connectivity index (χ0v) is 12.2. The summed E-state index contributed by atoms with van der Waals surface area (Å²) in [4.78, 5) is 0. The van der Waals surface area contributed by atoms with Gasteiger partial charge in [-0.3, -0.25) is 0 Å². The largest absolute Gasteiger partial charge is 0.385 e. The summed E-state index contributed by atoms with van der Waals surface area (Å²) in [7, 11) is 1.80. The Labute approximate surface area is 108 Å². The summed E-state index contributed by atoms with van der Waals surface area (Å²) < 4.78 is 5.16. The molecule has 0 radical (unpaired) electrons. The Morgan fingerprint density at radius 1 is 1.29 bits per heavy atom. The summed E-state index contributed by atoms with van der Waals surface area (Å²) >= 11 is 0. The lowest BCUT2D eigenvalue weighted by molar-refractivity contribution is 0.145. The Kier molecular flexibility index (Phi) is 6.50. The summed E-state index contributed by atoms with van der Waals surface area (Å²) in [6.07, 6.45) is 8.05. The van der Waals surface area contributed by atoms with E-state index in [2.05, 4.69) is 26.1 Å². The molecule has 0 spiro atoms. The maximum Gasteiger partial charge on any atom is 0.0462 e. The molecule has 17 heavy (non-hydrogen) atoms. The molecule has 2 nitrogen and oxygen atoms in total. The molecule has 0 bridgehead atoms. The molecule has 1 aliphatic rings. The van der Waals surface area contributed by atoms with Crippen molar-refractivity contribution in [2.24, 2.45) is 11.3 Å². The highest BCUT2D eigenvalue weighted by atomic mass is 16.5. The smallest absolute Gasteiger partial charge is 0.0462 e. The van der Waals surface area contributed by atoms with Gasteiger partial charge in [0.15, 0.2) is 0 Å². The average Bonchev–Trinajstić information content (AvgIpc) is 2.28. The molecule has 102 valence electrons. The van der Waals surface area contributed by atoms with Crippen molar-refractivity contribution < 1.29 is 4.74 Å². The summed E-state index contributed by atoms with van der Waals surface area (Å²) in [5, 5.41) is 3.68. The molecule has 0 heterocycles. The van der Waals surface area contributed by atoms with Gasteiger partial charge in [-0.1, -0.05) is 20.8 Å². The van der Waals surface area contributed by atoms with Crippen molar-refractivity contribution in [3.05, 3.63) is 0 Å². The van der Waals surface area contributed by atoms with Gasteiger partial charge in [0.25, 0.3) is 0 Å². The summed E-state index contributed by atoms with van der Waals surface area (Å²) in [5.74, 6) is 0.889. The van der Waals surface area contributed by atoms with Crippen molar-refractivity contribution in [1.29, 1.82) is 0 Å². The first kappa shape index (κ1) is 15.0. The normalized spacial score (nSPS) is 22.6. The zero-order valence-electron chi connectivity index (χ0n) is 12.2. The first-order valence-corrected chi connectivity index (χ1v) is 7.31. The highest BCUT2D eigenvalue weighted by molar-refractivity contribution is 4.85. The third kappa shape index (κ3) is 5.39. The fraction of sp³-hybridized carbons (Fsp3) is 1.00. The van der Waals surface area contributed by atoms with E-state index in [1.165, 1.54) is 38.5 Å². The molecule has 1 N–H and O–H groups in total. The average molecular weight is 241 g/mol. The highest BCUT2D eigenvalue weighted by Crippen LogP contribution is 2.39. The highest BCUT2D eigenvalue weighted by Gasteiger charge is 2.30. The molecule has 2 heteroatoms. The molecule has 1 aliphatic carbocycles. The van der Waals surface area contributed by atoms with Crippen LogP contribution in [0.15, 0.2) is 0 Å². The molecule has 0 amide bonds. The Bertz CT molecular complexity index is 193. The number of rotatable bonds is 7. The lowest BCUT2D eigenvalue weighted by Gasteiger charge is -2.38. The Balaban J connectivity index is 2.36. The maximum atomic E-state index is 5.16. The van der Waals surface area contributed by atoms with Gasteiger partial charge in [-0.05, 0) is 56.4 Å². The third-order valence-corrected chi connectivity index (χ3v) is 4.28. The SMILES string of the molecule is CCNC(CCCOC)C1CCC(C)(C)CC1. The van der Waals surface area contributed by atoms with Crippen LogP contribution in [0.5, 0.6) is 0 Å². The van der Waals surface area contributed by atoms with Gasteiger partial charge in [0.1, 0.15) is 0 Å². The second kappa shape index (κ2) is 7.38. The molecule has 0 saturated heterocycles. The quantitative estimate of drug-likeness (QED) is 0.688. The van der Waals surface area contributed by atoms with Gasteiger partial charge in [0.05, 0.1) is 0 Å². The molecule has 0 aromatic heterocycles. The van der Waals surface area contributed by atoms with E-state index in [-0.39, 0.29) is 0 Å². The van der Waals surface area contributed by atoms with Crippen LogP contribution in [-0.2, 0) is 4.74 Å². The van der Waals surface area contributed by atoms with Gasteiger partial charge in [-0.25, -0.2) is 0 Å². The van der Waals surface area contributed by atoms with E-state index in [0.717, 1.165) is 19.1 Å². The van der Waals surface area contributed by atoms with Gasteiger partial charge >= 0.3 is 0 Å². The fourth-order valence-electron chi connectivity index (χ4n) is 3.04. The predicted octanol–water partition coefficient (Wildman–Crippen LogP) is 3.61. The minimum Gasteiger partial charge on any atom is -0.385 e. The molecular weight excluding hydrogens is 210 g/mol. The van der Waals surface area contributed by atoms with E-state index in [1.54, 1.807) is 7.11 Å². The fourth-order valence-corrected chi connectivity index (χ4v) is 3.04. The monoisotopic (exact) mass is 241 g/mol. The van der Waals surface area contributed by atoms with E-state index in [4.69, 9.17) is 4.74 Å². The van der Waals surface area contributed by atoms with E-state index in [0.29, 0.717) is 11.5 Å². The zero-order chi connectivity index (χ0) is 12.7. The van der Waals surface area contributed by atoms with Gasteiger partial charge < -0.3 is 10.1 Å². The van der Waals surface area contributed by atoms with Crippen LogP contribution in [0.1, 0.15) is 59.3 Å². The number of nitrogens with one attached hydrogen (secondary N) is 1. The van der Waals surface area contributed by atoms with Crippen LogP contribution in [0, 0.1) is 11.3 Å². The maximum absolute atomic E-state index is 5.16. The lowest BCUT2D eigenvalue weighted by Crippen LogP contribution is -2.39. The molecule has 1 rings (SSSR count). The van der Waals surface area contributed by atoms with E-state index in [1.807, 2.05) is 0 Å². The van der Waals surface area contributed by atoms with E-state index < -0.39 is 0 Å². The van der Waals surface area contributed by atoms with Crippen molar-refractivity contribution in [2.45, 2.75) is 65.3 Å². The summed E-state index contributed by atoms with van der Waals surface area (Å²) in [5.41, 5.74) is 0.583. The van der Waals surface area contributed by atoms with E-state index in [9.17, 15) is 0 Å². The number of ether oxygens (including phenoxy) is 1. The van der Waals surface area contributed by atoms with Crippen molar-refractivity contribution in [1.82, 2.24) is 5.32 Å². The molecule has 1 unspecified atom stereocenters. The van der Waals surface area contributed by atoms with Crippen LogP contribution >= 0.6 is 0 Å². The molecule has 0 aromatic carbocycles. The lowest BCUT2D eigenvalue weighted by atomic mass is 9.70. The Morgan fingerprint density at radius 3 is 2.47 bits per heavy atom. The molecule has 1 atom stereocenters. The molecular formula is C15H31NO. The van der Waals surface area contributed by atoms with Crippen molar-refractivity contribution in [3.8, 4) is 0 Å². The number of methoxy groups -OCH3 is 1.